The van der Waals surface area contributed by atoms with E-state index >= 15 is 0 Å². The average molecular weight is 287 g/mol. The fraction of sp³-hybridized carbons (Fsp3) is 0.588. The second-order valence-electron chi connectivity index (χ2n) is 6.29. The number of nitrogens with one attached hydrogen (secondary N) is 1. The summed E-state index contributed by atoms with van der Waals surface area (Å²) in [7, 11) is 0. The molecular weight excluding hydrogens is 262 g/mol. The Morgan fingerprint density at radius 2 is 2.29 bits per heavy atom. The highest BCUT2D eigenvalue weighted by Crippen LogP contribution is 2.58. The lowest BCUT2D eigenvalue weighted by atomic mass is 9.51. The highest BCUT2D eigenvalue weighted by molar-refractivity contribution is 5.92. The van der Waals surface area contributed by atoms with Gasteiger partial charge in [0.2, 0.25) is 0 Å². The molecule has 0 amide bonds. The summed E-state index contributed by atoms with van der Waals surface area (Å²) in [5.74, 6) is 0.520. The fourth-order valence-electron chi connectivity index (χ4n) is 3.65. The van der Waals surface area contributed by atoms with Gasteiger partial charge in [-0.05, 0) is 50.8 Å². The van der Waals surface area contributed by atoms with Crippen molar-refractivity contribution in [2.24, 2.45) is 16.1 Å². The average Bonchev–Trinajstić information content (AvgIpc) is 2.35. The van der Waals surface area contributed by atoms with Crippen LogP contribution in [0.3, 0.4) is 0 Å². The number of aliphatic imine (C=N–C) groups is 1. The van der Waals surface area contributed by atoms with E-state index in [-0.39, 0.29) is 5.41 Å². The molecule has 2 atom stereocenters. The summed E-state index contributed by atoms with van der Waals surface area (Å²) < 4.78 is 5.85. The molecule has 0 saturated heterocycles. The Bertz CT molecular complexity index is 537. The van der Waals surface area contributed by atoms with Crippen LogP contribution in [0.25, 0.3) is 0 Å². The first kappa shape index (κ1) is 14.4. The zero-order chi connectivity index (χ0) is 14.9. The van der Waals surface area contributed by atoms with Crippen LogP contribution in [0.4, 0.5) is 5.69 Å². The molecule has 0 aromatic heterocycles. The number of rotatable bonds is 4. The van der Waals surface area contributed by atoms with Gasteiger partial charge in [0.05, 0.1) is 12.1 Å². The number of aryl methyl sites for hydroxylation is 1. The Labute approximate surface area is 126 Å². The standard InChI is InChI=1S/C17H25N3O/c1-3-21-15-11-14(17(15)8-5-9-17)20-16(18)19-13-7-4-6-12(2)10-13/h4,6-7,10,14-15H,3,5,8-9,11H2,1-2H3,(H3,18,19,20). The molecule has 2 unspecified atom stereocenters. The molecule has 0 radical (unpaired) electrons. The lowest BCUT2D eigenvalue weighted by Crippen LogP contribution is -2.61. The second-order valence-corrected chi connectivity index (χ2v) is 6.29. The van der Waals surface area contributed by atoms with E-state index in [9.17, 15) is 0 Å². The zero-order valence-corrected chi connectivity index (χ0v) is 12.9. The summed E-state index contributed by atoms with van der Waals surface area (Å²) in [5.41, 5.74) is 8.57. The van der Waals surface area contributed by atoms with Crippen molar-refractivity contribution >= 4 is 11.6 Å². The van der Waals surface area contributed by atoms with Gasteiger partial charge >= 0.3 is 0 Å². The third-order valence-electron chi connectivity index (χ3n) is 4.98. The predicted molar refractivity (Wildman–Crippen MR) is 86.5 cm³/mol. The summed E-state index contributed by atoms with van der Waals surface area (Å²) >= 11 is 0. The van der Waals surface area contributed by atoms with Gasteiger partial charge in [0, 0.05) is 17.7 Å². The van der Waals surface area contributed by atoms with E-state index in [1.165, 1.54) is 24.8 Å². The van der Waals surface area contributed by atoms with Crippen molar-refractivity contribution in [2.75, 3.05) is 11.9 Å². The van der Waals surface area contributed by atoms with Gasteiger partial charge in [0.25, 0.3) is 0 Å². The Kier molecular flexibility index (Phi) is 3.89. The van der Waals surface area contributed by atoms with Gasteiger partial charge in [-0.15, -0.1) is 0 Å². The normalized spacial score (nSPS) is 27.0. The third-order valence-corrected chi connectivity index (χ3v) is 4.98. The predicted octanol–water partition coefficient (Wildman–Crippen LogP) is 3.07. The van der Waals surface area contributed by atoms with Crippen LogP contribution in [-0.2, 0) is 4.74 Å². The number of nitrogens with zero attached hydrogens (tertiary/aromatic N) is 1. The summed E-state index contributed by atoms with van der Waals surface area (Å²) in [6.07, 6.45) is 5.13. The molecule has 4 heteroatoms. The monoisotopic (exact) mass is 287 g/mol. The van der Waals surface area contributed by atoms with Gasteiger partial charge in [-0.25, -0.2) is 4.99 Å². The van der Waals surface area contributed by atoms with Gasteiger partial charge in [-0.1, -0.05) is 18.6 Å². The molecule has 2 aliphatic rings. The molecule has 4 nitrogen and oxygen atoms in total. The molecule has 1 spiro atoms. The van der Waals surface area contributed by atoms with Gasteiger partial charge in [0.15, 0.2) is 5.96 Å². The summed E-state index contributed by atoms with van der Waals surface area (Å²) in [5, 5.41) is 3.20. The Balaban J connectivity index is 1.65. The first-order valence-corrected chi connectivity index (χ1v) is 7.92. The molecule has 0 aliphatic heterocycles. The first-order chi connectivity index (χ1) is 10.1. The third kappa shape index (κ3) is 2.64. The largest absolute Gasteiger partial charge is 0.378 e. The van der Waals surface area contributed by atoms with Gasteiger partial charge in [-0.2, -0.15) is 0 Å². The van der Waals surface area contributed by atoms with Crippen molar-refractivity contribution in [3.63, 3.8) is 0 Å². The number of benzene rings is 1. The lowest BCUT2D eigenvalue weighted by Gasteiger charge is -2.59. The van der Waals surface area contributed by atoms with Crippen LogP contribution in [0.5, 0.6) is 0 Å². The molecule has 21 heavy (non-hydrogen) atoms. The summed E-state index contributed by atoms with van der Waals surface area (Å²) in [4.78, 5) is 4.72. The van der Waals surface area contributed by atoms with Crippen molar-refractivity contribution < 1.29 is 4.74 Å². The number of anilines is 1. The molecular formula is C17H25N3O. The van der Waals surface area contributed by atoms with Crippen LogP contribution in [0.1, 0.15) is 38.2 Å². The van der Waals surface area contributed by atoms with Crippen molar-refractivity contribution in [2.45, 2.75) is 51.7 Å². The number of nitrogens with two attached hydrogens (primary N) is 1. The van der Waals surface area contributed by atoms with E-state index in [4.69, 9.17) is 15.5 Å². The van der Waals surface area contributed by atoms with E-state index in [0.717, 1.165) is 18.7 Å². The van der Waals surface area contributed by atoms with E-state index in [0.29, 0.717) is 18.1 Å². The highest BCUT2D eigenvalue weighted by atomic mass is 16.5. The molecule has 0 heterocycles. The van der Waals surface area contributed by atoms with Crippen molar-refractivity contribution in [3.05, 3.63) is 29.8 Å². The molecule has 3 N–H and O–H groups in total. The SMILES string of the molecule is CCOC1CC(N=C(N)Nc2cccc(C)c2)C12CCC2. The Morgan fingerprint density at radius 1 is 1.48 bits per heavy atom. The second kappa shape index (κ2) is 5.68. The van der Waals surface area contributed by atoms with Crippen LogP contribution in [0.2, 0.25) is 0 Å². The van der Waals surface area contributed by atoms with Gasteiger partial charge in [-0.3, -0.25) is 0 Å². The van der Waals surface area contributed by atoms with Crippen molar-refractivity contribution in [3.8, 4) is 0 Å². The minimum Gasteiger partial charge on any atom is -0.378 e. The summed E-state index contributed by atoms with van der Waals surface area (Å²) in [6, 6.07) is 8.50. The fourth-order valence-corrected chi connectivity index (χ4v) is 3.65. The zero-order valence-electron chi connectivity index (χ0n) is 12.9. The minimum atomic E-state index is 0.273. The Morgan fingerprint density at radius 3 is 2.90 bits per heavy atom. The Hall–Kier alpha value is -1.55. The van der Waals surface area contributed by atoms with Crippen molar-refractivity contribution in [1.29, 1.82) is 0 Å². The molecule has 1 aromatic carbocycles. The maximum Gasteiger partial charge on any atom is 0.193 e. The molecule has 114 valence electrons. The number of guanidine groups is 1. The topological polar surface area (TPSA) is 59.6 Å². The van der Waals surface area contributed by atoms with E-state index in [1.807, 2.05) is 12.1 Å². The number of hydrogen-bond acceptors (Lipinski definition) is 2. The van der Waals surface area contributed by atoms with Crippen LogP contribution < -0.4 is 11.1 Å². The quantitative estimate of drug-likeness (QED) is 0.661. The first-order valence-electron chi connectivity index (χ1n) is 7.92. The smallest absolute Gasteiger partial charge is 0.193 e. The number of hydrogen-bond donors (Lipinski definition) is 2. The van der Waals surface area contributed by atoms with E-state index < -0.39 is 0 Å². The van der Waals surface area contributed by atoms with E-state index in [2.05, 4.69) is 31.3 Å². The van der Waals surface area contributed by atoms with Gasteiger partial charge < -0.3 is 15.8 Å². The summed E-state index contributed by atoms with van der Waals surface area (Å²) in [6.45, 7) is 4.93. The maximum absolute atomic E-state index is 6.08. The van der Waals surface area contributed by atoms with Gasteiger partial charge in [0.1, 0.15) is 0 Å². The molecule has 2 aliphatic carbocycles. The molecule has 2 fully saturated rings. The van der Waals surface area contributed by atoms with Crippen LogP contribution in [-0.4, -0.2) is 24.7 Å². The van der Waals surface area contributed by atoms with Crippen LogP contribution >= 0.6 is 0 Å². The van der Waals surface area contributed by atoms with Crippen molar-refractivity contribution in [1.82, 2.24) is 0 Å². The molecule has 2 saturated carbocycles. The van der Waals surface area contributed by atoms with Crippen LogP contribution in [0.15, 0.2) is 29.3 Å². The molecule has 1 aromatic rings. The lowest BCUT2D eigenvalue weighted by molar-refractivity contribution is -0.162. The molecule has 3 rings (SSSR count). The highest BCUT2D eigenvalue weighted by Gasteiger charge is 2.59. The van der Waals surface area contributed by atoms with E-state index in [1.54, 1.807) is 0 Å². The molecule has 0 bridgehead atoms. The maximum atomic E-state index is 6.08. The number of ether oxygens (including phenoxy) is 1. The van der Waals surface area contributed by atoms with Crippen LogP contribution in [0, 0.1) is 12.3 Å². The minimum absolute atomic E-state index is 0.273.